The number of aromatic nitrogens is 1. The molecular formula is C12H20N2. The van der Waals surface area contributed by atoms with Crippen molar-refractivity contribution >= 4 is 0 Å². The third-order valence-electron chi connectivity index (χ3n) is 2.15. The summed E-state index contributed by atoms with van der Waals surface area (Å²) in [6, 6.07) is 4.13. The predicted octanol–water partition coefficient (Wildman–Crippen LogP) is 2.83. The van der Waals surface area contributed by atoms with E-state index in [-0.39, 0.29) is 11.5 Å². The highest BCUT2D eigenvalue weighted by Gasteiger charge is 2.17. The summed E-state index contributed by atoms with van der Waals surface area (Å²) in [6.07, 6.45) is 2.83. The molecule has 0 saturated heterocycles. The van der Waals surface area contributed by atoms with E-state index in [9.17, 15) is 0 Å². The van der Waals surface area contributed by atoms with Gasteiger partial charge in [0.15, 0.2) is 0 Å². The first-order valence-electron chi connectivity index (χ1n) is 5.06. The van der Waals surface area contributed by atoms with Crippen molar-refractivity contribution in [3.05, 3.63) is 29.6 Å². The van der Waals surface area contributed by atoms with Gasteiger partial charge in [-0.05, 0) is 30.4 Å². The van der Waals surface area contributed by atoms with Gasteiger partial charge in [-0.2, -0.15) is 0 Å². The zero-order valence-electron chi connectivity index (χ0n) is 9.54. The van der Waals surface area contributed by atoms with E-state index in [1.54, 1.807) is 0 Å². The lowest BCUT2D eigenvalue weighted by Crippen LogP contribution is -2.19. The lowest BCUT2D eigenvalue weighted by atomic mass is 9.87. The van der Waals surface area contributed by atoms with Crippen molar-refractivity contribution < 1.29 is 0 Å². The number of pyridine rings is 1. The molecule has 0 aliphatic rings. The van der Waals surface area contributed by atoms with Crippen molar-refractivity contribution in [2.24, 2.45) is 11.1 Å². The number of rotatable bonds is 2. The molecule has 0 spiro atoms. The largest absolute Gasteiger partial charge is 0.323 e. The van der Waals surface area contributed by atoms with Crippen LogP contribution in [-0.4, -0.2) is 4.98 Å². The molecule has 2 N–H and O–H groups in total. The van der Waals surface area contributed by atoms with Gasteiger partial charge in [-0.25, -0.2) is 0 Å². The van der Waals surface area contributed by atoms with E-state index >= 15 is 0 Å². The average molecular weight is 192 g/mol. The third kappa shape index (κ3) is 3.46. The van der Waals surface area contributed by atoms with Gasteiger partial charge in [0.25, 0.3) is 0 Å². The van der Waals surface area contributed by atoms with Gasteiger partial charge in [0.2, 0.25) is 0 Å². The van der Waals surface area contributed by atoms with E-state index in [4.69, 9.17) is 5.73 Å². The van der Waals surface area contributed by atoms with Crippen LogP contribution in [0.3, 0.4) is 0 Å². The maximum Gasteiger partial charge on any atom is 0.0571 e. The summed E-state index contributed by atoms with van der Waals surface area (Å²) in [4.78, 5) is 4.34. The molecule has 0 aromatic carbocycles. The van der Waals surface area contributed by atoms with Crippen molar-refractivity contribution in [1.29, 1.82) is 0 Å². The maximum absolute atomic E-state index is 6.07. The molecule has 0 bridgehead atoms. The van der Waals surface area contributed by atoms with Crippen LogP contribution in [0, 0.1) is 12.3 Å². The number of nitrogens with zero attached hydrogens (tertiary/aromatic N) is 1. The van der Waals surface area contributed by atoms with Gasteiger partial charge in [0.1, 0.15) is 0 Å². The number of nitrogens with two attached hydrogens (primary N) is 1. The van der Waals surface area contributed by atoms with Gasteiger partial charge in [0, 0.05) is 12.2 Å². The van der Waals surface area contributed by atoms with Crippen LogP contribution in [0.4, 0.5) is 0 Å². The number of aryl methyl sites for hydroxylation is 1. The highest BCUT2D eigenvalue weighted by atomic mass is 14.8. The van der Waals surface area contributed by atoms with Gasteiger partial charge in [-0.15, -0.1) is 0 Å². The fraction of sp³-hybridized carbons (Fsp3) is 0.583. The van der Waals surface area contributed by atoms with Gasteiger partial charge in [-0.1, -0.05) is 26.8 Å². The Labute approximate surface area is 86.5 Å². The molecule has 0 radical (unpaired) electrons. The van der Waals surface area contributed by atoms with Gasteiger partial charge in [0.05, 0.1) is 5.69 Å². The first kappa shape index (κ1) is 11.2. The first-order valence-corrected chi connectivity index (χ1v) is 5.06. The molecule has 0 amide bonds. The molecule has 0 aliphatic heterocycles. The summed E-state index contributed by atoms with van der Waals surface area (Å²) in [7, 11) is 0. The first-order chi connectivity index (χ1) is 6.38. The van der Waals surface area contributed by atoms with E-state index in [1.165, 1.54) is 5.56 Å². The summed E-state index contributed by atoms with van der Waals surface area (Å²) < 4.78 is 0. The molecule has 14 heavy (non-hydrogen) atoms. The van der Waals surface area contributed by atoms with Gasteiger partial charge < -0.3 is 5.73 Å². The molecule has 1 aromatic rings. The summed E-state index contributed by atoms with van der Waals surface area (Å²) in [5.74, 6) is 0. The minimum absolute atomic E-state index is 0.0515. The molecule has 0 unspecified atom stereocenters. The SMILES string of the molecule is Cc1ccc([C@H](N)CC(C)(C)C)nc1. The van der Waals surface area contributed by atoms with Crippen LogP contribution in [0.15, 0.2) is 18.3 Å². The third-order valence-corrected chi connectivity index (χ3v) is 2.15. The minimum Gasteiger partial charge on any atom is -0.323 e. The fourth-order valence-electron chi connectivity index (χ4n) is 1.46. The molecule has 2 nitrogen and oxygen atoms in total. The zero-order chi connectivity index (χ0) is 10.8. The topological polar surface area (TPSA) is 38.9 Å². The summed E-state index contributed by atoms with van der Waals surface area (Å²) in [5, 5.41) is 0. The summed E-state index contributed by atoms with van der Waals surface area (Å²) in [6.45, 7) is 8.62. The lowest BCUT2D eigenvalue weighted by molar-refractivity contribution is 0.340. The second-order valence-electron chi connectivity index (χ2n) is 5.13. The maximum atomic E-state index is 6.07. The van der Waals surface area contributed by atoms with Gasteiger partial charge in [-0.3, -0.25) is 4.98 Å². The van der Waals surface area contributed by atoms with Crippen LogP contribution >= 0.6 is 0 Å². The van der Waals surface area contributed by atoms with Crippen LogP contribution in [-0.2, 0) is 0 Å². The molecular weight excluding hydrogens is 172 g/mol. The summed E-state index contributed by atoms with van der Waals surface area (Å²) >= 11 is 0. The molecule has 1 rings (SSSR count). The van der Waals surface area contributed by atoms with E-state index in [2.05, 4.69) is 31.8 Å². The molecule has 1 heterocycles. The van der Waals surface area contributed by atoms with E-state index in [0.717, 1.165) is 12.1 Å². The van der Waals surface area contributed by atoms with E-state index in [1.807, 2.05) is 19.2 Å². The van der Waals surface area contributed by atoms with Crippen LogP contribution in [0.2, 0.25) is 0 Å². The highest BCUT2D eigenvalue weighted by molar-refractivity contribution is 5.14. The van der Waals surface area contributed by atoms with E-state index in [0.29, 0.717) is 0 Å². The molecule has 2 heteroatoms. The van der Waals surface area contributed by atoms with E-state index < -0.39 is 0 Å². The van der Waals surface area contributed by atoms with Crippen molar-refractivity contribution in [3.63, 3.8) is 0 Å². The number of hydrogen-bond donors (Lipinski definition) is 1. The Morgan fingerprint density at radius 2 is 2.00 bits per heavy atom. The highest BCUT2D eigenvalue weighted by Crippen LogP contribution is 2.26. The Morgan fingerprint density at radius 1 is 1.36 bits per heavy atom. The Kier molecular flexibility index (Phi) is 3.27. The monoisotopic (exact) mass is 192 g/mol. The Hall–Kier alpha value is -0.890. The van der Waals surface area contributed by atoms with Crippen molar-refractivity contribution in [2.45, 2.75) is 40.2 Å². The zero-order valence-corrected chi connectivity index (χ0v) is 9.54. The number of hydrogen-bond acceptors (Lipinski definition) is 2. The normalized spacial score (nSPS) is 14.1. The molecule has 1 aromatic heterocycles. The van der Waals surface area contributed by atoms with Crippen LogP contribution < -0.4 is 5.73 Å². The van der Waals surface area contributed by atoms with Crippen LogP contribution in [0.1, 0.15) is 44.5 Å². The van der Waals surface area contributed by atoms with Crippen molar-refractivity contribution in [1.82, 2.24) is 4.98 Å². The standard InChI is InChI=1S/C12H20N2/c1-9-5-6-11(14-8-9)10(13)7-12(2,3)4/h5-6,8,10H,7,13H2,1-4H3/t10-/m1/s1. The Morgan fingerprint density at radius 3 is 2.43 bits per heavy atom. The Bertz CT molecular complexity index is 282. The minimum atomic E-state index is 0.0515. The lowest BCUT2D eigenvalue weighted by Gasteiger charge is -2.22. The predicted molar refractivity (Wildman–Crippen MR) is 60.0 cm³/mol. The van der Waals surface area contributed by atoms with Gasteiger partial charge >= 0.3 is 0 Å². The average Bonchev–Trinajstić information content (AvgIpc) is 2.02. The smallest absolute Gasteiger partial charge is 0.0571 e. The fourth-order valence-corrected chi connectivity index (χ4v) is 1.46. The second-order valence-corrected chi connectivity index (χ2v) is 5.13. The molecule has 78 valence electrons. The summed E-state index contributed by atoms with van der Waals surface area (Å²) in [5.41, 5.74) is 8.49. The second kappa shape index (κ2) is 4.09. The van der Waals surface area contributed by atoms with Crippen molar-refractivity contribution in [2.75, 3.05) is 0 Å². The molecule has 0 aliphatic carbocycles. The van der Waals surface area contributed by atoms with Crippen LogP contribution in [0.25, 0.3) is 0 Å². The molecule has 0 fully saturated rings. The van der Waals surface area contributed by atoms with Crippen LogP contribution in [0.5, 0.6) is 0 Å². The molecule has 0 saturated carbocycles. The Balaban J connectivity index is 2.70. The molecule has 1 atom stereocenters. The quantitative estimate of drug-likeness (QED) is 0.782. The van der Waals surface area contributed by atoms with Crippen molar-refractivity contribution in [3.8, 4) is 0 Å².